The number of H-pyrrole nitrogens is 2. The molecule has 2 nitrogen and oxygen atoms in total. The normalized spacial score (nSPS) is 9.83. The zero-order valence-electron chi connectivity index (χ0n) is 5.55. The highest BCUT2D eigenvalue weighted by Gasteiger charge is 2.04. The lowest BCUT2D eigenvalue weighted by Gasteiger charge is -2.00. The standard InChI is InChI=1S/C5H3ClN2S4/c6-1-2(4(10)11)7-5(12)8-3(1)9/h(H,10,11)(H2,7,8,9,12). The summed E-state index contributed by atoms with van der Waals surface area (Å²) in [5, 5.41) is 0.346. The zero-order chi connectivity index (χ0) is 9.30. The summed E-state index contributed by atoms with van der Waals surface area (Å²) in [4.78, 5) is 5.44. The van der Waals surface area contributed by atoms with Crippen LogP contribution in [0.1, 0.15) is 5.69 Å². The van der Waals surface area contributed by atoms with E-state index < -0.39 is 0 Å². The van der Waals surface area contributed by atoms with Gasteiger partial charge in [-0.15, -0.1) is 12.6 Å². The highest BCUT2D eigenvalue weighted by Crippen LogP contribution is 2.15. The smallest absolute Gasteiger partial charge is 0.176 e. The van der Waals surface area contributed by atoms with Crippen molar-refractivity contribution in [3.05, 3.63) is 20.1 Å². The molecule has 12 heavy (non-hydrogen) atoms. The Morgan fingerprint density at radius 2 is 1.92 bits per heavy atom. The fraction of sp³-hybridized carbons (Fsp3) is 0. The second-order valence-electron chi connectivity index (χ2n) is 1.90. The van der Waals surface area contributed by atoms with Crippen LogP contribution in [-0.4, -0.2) is 14.2 Å². The van der Waals surface area contributed by atoms with Crippen molar-refractivity contribution in [2.75, 3.05) is 0 Å². The first-order valence-electron chi connectivity index (χ1n) is 2.77. The molecule has 0 aromatic carbocycles. The molecule has 0 fully saturated rings. The first-order valence-corrected chi connectivity index (χ1v) is 4.82. The summed E-state index contributed by atoms with van der Waals surface area (Å²) in [5.41, 5.74) is 0.490. The Bertz CT molecular complexity index is 432. The Morgan fingerprint density at radius 1 is 1.33 bits per heavy atom. The molecule has 0 saturated heterocycles. The Kier molecular flexibility index (Phi) is 3.42. The van der Waals surface area contributed by atoms with E-state index in [2.05, 4.69) is 22.6 Å². The molecule has 1 aromatic rings. The van der Waals surface area contributed by atoms with Crippen LogP contribution in [0, 0.1) is 9.41 Å². The molecule has 0 radical (unpaired) electrons. The Hall–Kier alpha value is 0.250. The van der Waals surface area contributed by atoms with Crippen molar-refractivity contribution in [2.45, 2.75) is 0 Å². The first kappa shape index (κ1) is 10.3. The number of thiocarbonyl (C=S) groups is 1. The van der Waals surface area contributed by atoms with Gasteiger partial charge in [-0.2, -0.15) is 0 Å². The van der Waals surface area contributed by atoms with Crippen molar-refractivity contribution < 1.29 is 0 Å². The number of aromatic nitrogens is 2. The maximum Gasteiger partial charge on any atom is 0.176 e. The molecule has 2 N–H and O–H groups in total. The lowest BCUT2D eigenvalue weighted by atomic mass is 10.4. The average molecular weight is 255 g/mol. The van der Waals surface area contributed by atoms with Gasteiger partial charge in [0.15, 0.2) is 4.77 Å². The van der Waals surface area contributed by atoms with Crippen molar-refractivity contribution in [2.24, 2.45) is 0 Å². The van der Waals surface area contributed by atoms with Crippen LogP contribution in [0.2, 0.25) is 5.02 Å². The lowest BCUT2D eigenvalue weighted by molar-refractivity contribution is 1.11. The molecule has 0 amide bonds. The number of hydrogen-bond acceptors (Lipinski definition) is 3. The molecule has 1 heterocycles. The molecule has 1 aromatic heterocycles. The number of hydrogen-bond donors (Lipinski definition) is 3. The van der Waals surface area contributed by atoms with Crippen LogP contribution in [0.4, 0.5) is 0 Å². The highest BCUT2D eigenvalue weighted by molar-refractivity contribution is 8.11. The van der Waals surface area contributed by atoms with E-state index in [1.165, 1.54) is 0 Å². The molecule has 1 rings (SSSR count). The molecule has 7 heteroatoms. The van der Waals surface area contributed by atoms with Gasteiger partial charge in [-0.1, -0.05) is 36.0 Å². The van der Waals surface area contributed by atoms with Gasteiger partial charge in [0, 0.05) is 0 Å². The van der Waals surface area contributed by atoms with Gasteiger partial charge in [0.25, 0.3) is 0 Å². The van der Waals surface area contributed by atoms with Crippen molar-refractivity contribution >= 4 is 65.1 Å². The van der Waals surface area contributed by atoms with Crippen molar-refractivity contribution in [3.63, 3.8) is 0 Å². The van der Waals surface area contributed by atoms with E-state index in [4.69, 9.17) is 48.3 Å². The van der Waals surface area contributed by atoms with Crippen LogP contribution in [0.25, 0.3) is 0 Å². The molecule has 0 aliphatic heterocycles. The number of aromatic amines is 2. The average Bonchev–Trinajstić information content (AvgIpc) is 1.96. The molecule has 0 aliphatic carbocycles. The van der Waals surface area contributed by atoms with Crippen molar-refractivity contribution in [3.8, 4) is 0 Å². The van der Waals surface area contributed by atoms with E-state index in [-0.39, 0.29) is 0 Å². The van der Waals surface area contributed by atoms with Crippen LogP contribution >= 0.6 is 60.9 Å². The van der Waals surface area contributed by atoms with E-state index in [1.54, 1.807) is 0 Å². The molecular weight excluding hydrogens is 252 g/mol. The summed E-state index contributed by atoms with van der Waals surface area (Å²) in [7, 11) is 0. The van der Waals surface area contributed by atoms with E-state index >= 15 is 0 Å². The van der Waals surface area contributed by atoms with Crippen LogP contribution in [0.15, 0.2) is 0 Å². The Labute approximate surface area is 94.8 Å². The topological polar surface area (TPSA) is 31.6 Å². The van der Waals surface area contributed by atoms with Gasteiger partial charge in [-0.3, -0.25) is 0 Å². The lowest BCUT2D eigenvalue weighted by Crippen LogP contribution is -1.97. The van der Waals surface area contributed by atoms with Gasteiger partial charge in [-0.05, 0) is 12.2 Å². The summed E-state index contributed by atoms with van der Waals surface area (Å²) < 4.78 is 1.09. The molecule has 64 valence electrons. The van der Waals surface area contributed by atoms with Gasteiger partial charge in [0.1, 0.15) is 9.66 Å². The van der Waals surface area contributed by atoms with Crippen LogP contribution in [0.3, 0.4) is 0 Å². The van der Waals surface area contributed by atoms with Gasteiger partial charge in [0.2, 0.25) is 0 Å². The molecule has 0 spiro atoms. The fourth-order valence-corrected chi connectivity index (χ4v) is 1.72. The number of halogens is 1. The quantitative estimate of drug-likeness (QED) is 0.532. The first-order chi connectivity index (χ1) is 5.52. The number of nitrogens with one attached hydrogen (secondary N) is 2. The molecule has 0 unspecified atom stereocenters. The minimum absolute atomic E-state index is 0.339. The minimum atomic E-state index is 0.339. The Balaban J connectivity index is 3.59. The number of rotatable bonds is 1. The van der Waals surface area contributed by atoms with Crippen LogP contribution < -0.4 is 0 Å². The maximum absolute atomic E-state index is 5.81. The summed E-state index contributed by atoms with van der Waals surface area (Å²) in [6, 6.07) is 0. The molecule has 0 aliphatic rings. The SMILES string of the molecule is S=C(S)c1[nH]c(=S)[nH]c(=S)c1Cl. The zero-order valence-corrected chi connectivity index (χ0v) is 9.65. The van der Waals surface area contributed by atoms with E-state index in [0.29, 0.717) is 24.3 Å². The third-order valence-corrected chi connectivity index (χ3v) is 2.53. The van der Waals surface area contributed by atoms with Crippen molar-refractivity contribution in [1.29, 1.82) is 0 Å². The van der Waals surface area contributed by atoms with Crippen LogP contribution in [0.5, 0.6) is 0 Å². The van der Waals surface area contributed by atoms with E-state index in [1.807, 2.05) is 0 Å². The van der Waals surface area contributed by atoms with Crippen molar-refractivity contribution in [1.82, 2.24) is 9.97 Å². The third-order valence-electron chi connectivity index (χ3n) is 1.10. The molecular formula is C5H3ClN2S4. The predicted octanol–water partition coefficient (Wildman–Crippen LogP) is 3.06. The van der Waals surface area contributed by atoms with Crippen LogP contribution in [-0.2, 0) is 0 Å². The summed E-state index contributed by atoms with van der Waals surface area (Å²) in [6.45, 7) is 0. The fourth-order valence-electron chi connectivity index (χ4n) is 0.619. The van der Waals surface area contributed by atoms with Gasteiger partial charge in [0.05, 0.1) is 9.89 Å². The second-order valence-corrected chi connectivity index (χ2v) is 4.25. The number of thiol groups is 1. The minimum Gasteiger partial charge on any atom is -0.330 e. The predicted molar refractivity (Wildman–Crippen MR) is 62.5 cm³/mol. The largest absolute Gasteiger partial charge is 0.330 e. The monoisotopic (exact) mass is 254 g/mol. The Morgan fingerprint density at radius 3 is 2.42 bits per heavy atom. The highest BCUT2D eigenvalue weighted by atomic mass is 35.5. The molecule has 0 saturated carbocycles. The van der Waals surface area contributed by atoms with E-state index in [0.717, 1.165) is 0 Å². The van der Waals surface area contributed by atoms with Gasteiger partial charge in [-0.25, -0.2) is 0 Å². The molecule has 0 bridgehead atoms. The summed E-state index contributed by atoms with van der Waals surface area (Å²) >= 11 is 24.3. The maximum atomic E-state index is 5.81. The summed E-state index contributed by atoms with van der Waals surface area (Å²) in [5.74, 6) is 0. The summed E-state index contributed by atoms with van der Waals surface area (Å²) in [6.07, 6.45) is 0. The third kappa shape index (κ3) is 2.14. The molecule has 0 atom stereocenters. The van der Waals surface area contributed by atoms with Gasteiger partial charge >= 0.3 is 0 Å². The van der Waals surface area contributed by atoms with E-state index in [9.17, 15) is 0 Å². The van der Waals surface area contributed by atoms with Gasteiger partial charge < -0.3 is 9.97 Å². The second kappa shape index (κ2) is 3.97.